The van der Waals surface area contributed by atoms with Gasteiger partial charge in [0.2, 0.25) is 0 Å². The zero-order chi connectivity index (χ0) is 16.7. The number of aromatic nitrogens is 2. The maximum absolute atomic E-state index is 14.8. The van der Waals surface area contributed by atoms with Crippen molar-refractivity contribution in [1.82, 2.24) is 14.9 Å². The maximum atomic E-state index is 14.8. The summed E-state index contributed by atoms with van der Waals surface area (Å²) in [6.07, 6.45) is 3.73. The normalized spacial score (nSPS) is 14.9. The average Bonchev–Trinajstić information content (AvgIpc) is 2.89. The van der Waals surface area contributed by atoms with Gasteiger partial charge < -0.3 is 5.73 Å². The van der Waals surface area contributed by atoms with Crippen molar-refractivity contribution in [3.05, 3.63) is 41.2 Å². The third-order valence-corrected chi connectivity index (χ3v) is 5.63. The van der Waals surface area contributed by atoms with Crippen LogP contribution in [0.25, 0.3) is 22.0 Å². The van der Waals surface area contributed by atoms with Crippen LogP contribution in [0.2, 0.25) is 5.02 Å². The topological polar surface area (TPSA) is 66.7 Å². The summed E-state index contributed by atoms with van der Waals surface area (Å²) in [5, 5.41) is 7.37. The Morgan fingerprint density at radius 3 is 2.75 bits per heavy atom. The first-order valence-electron chi connectivity index (χ1n) is 7.78. The Kier molecular flexibility index (Phi) is 4.12. The van der Waals surface area contributed by atoms with E-state index in [1.54, 1.807) is 24.1 Å². The van der Waals surface area contributed by atoms with Crippen molar-refractivity contribution in [2.45, 2.75) is 30.2 Å². The second-order valence-electron chi connectivity index (χ2n) is 5.95. The Morgan fingerprint density at radius 1 is 1.25 bits per heavy atom. The molecule has 0 unspecified atom stereocenters. The highest BCUT2D eigenvalue weighted by Gasteiger charge is 2.18. The van der Waals surface area contributed by atoms with Crippen LogP contribution in [0.15, 0.2) is 35.2 Å². The predicted octanol–water partition coefficient (Wildman–Crippen LogP) is 4.75. The number of H-pyrrole nitrogens is 1. The fourth-order valence-corrected chi connectivity index (χ4v) is 3.96. The number of nitrogens with two attached hydrogens (primary N) is 1. The molecule has 4 rings (SSSR count). The van der Waals surface area contributed by atoms with Gasteiger partial charge in [-0.1, -0.05) is 24.1 Å². The van der Waals surface area contributed by atoms with Crippen molar-refractivity contribution in [3.63, 3.8) is 0 Å². The molecule has 1 saturated carbocycles. The number of benzene rings is 2. The summed E-state index contributed by atoms with van der Waals surface area (Å²) in [7, 11) is 0. The molecule has 4 nitrogen and oxygen atoms in total. The standard InChI is InChI=1S/C17H16ClFN4S/c18-13-8-10(24-23-9-2-1-3-9)4-5-11(13)12-6-7-14-15(16(12)19)17(20)22-21-14/h4-9,23H,1-3H2,(H3,20,21,22). The van der Waals surface area contributed by atoms with Gasteiger partial charge in [-0.15, -0.1) is 0 Å². The van der Waals surface area contributed by atoms with E-state index in [9.17, 15) is 4.39 Å². The van der Waals surface area contributed by atoms with Crippen LogP contribution in [0.1, 0.15) is 19.3 Å². The van der Waals surface area contributed by atoms with E-state index in [0.717, 1.165) is 4.90 Å². The number of fused-ring (bicyclic) bond motifs is 1. The van der Waals surface area contributed by atoms with Gasteiger partial charge in [-0.3, -0.25) is 9.82 Å². The molecular weight excluding hydrogens is 347 g/mol. The number of rotatable bonds is 4. The van der Waals surface area contributed by atoms with Crippen molar-refractivity contribution < 1.29 is 4.39 Å². The minimum absolute atomic E-state index is 0.150. The SMILES string of the molecule is Nc1n[nH]c2ccc(-c3ccc(SNC4CCC4)cc3Cl)c(F)c12. The Bertz CT molecular complexity index is 907. The van der Waals surface area contributed by atoms with Gasteiger partial charge >= 0.3 is 0 Å². The molecule has 0 spiro atoms. The molecule has 0 bridgehead atoms. The van der Waals surface area contributed by atoms with Crippen LogP contribution in [0.5, 0.6) is 0 Å². The maximum Gasteiger partial charge on any atom is 0.156 e. The van der Waals surface area contributed by atoms with E-state index < -0.39 is 5.82 Å². The van der Waals surface area contributed by atoms with Crippen molar-refractivity contribution in [1.29, 1.82) is 0 Å². The summed E-state index contributed by atoms with van der Waals surface area (Å²) in [6, 6.07) is 9.67. The molecule has 4 N–H and O–H groups in total. The molecule has 0 amide bonds. The third kappa shape index (κ3) is 2.75. The summed E-state index contributed by atoms with van der Waals surface area (Å²) in [6.45, 7) is 0. The van der Waals surface area contributed by atoms with Crippen molar-refractivity contribution in [2.24, 2.45) is 0 Å². The lowest BCUT2D eigenvalue weighted by Gasteiger charge is -2.25. The number of nitrogens with one attached hydrogen (secondary N) is 2. The van der Waals surface area contributed by atoms with Gasteiger partial charge in [0.15, 0.2) is 5.82 Å². The lowest BCUT2D eigenvalue weighted by Crippen LogP contribution is -2.29. The molecule has 1 fully saturated rings. The second kappa shape index (κ2) is 6.27. The van der Waals surface area contributed by atoms with E-state index in [2.05, 4.69) is 14.9 Å². The smallest absolute Gasteiger partial charge is 0.156 e. The fraction of sp³-hybridized carbons (Fsp3) is 0.235. The zero-order valence-corrected chi connectivity index (χ0v) is 14.3. The van der Waals surface area contributed by atoms with Gasteiger partial charge in [0.25, 0.3) is 0 Å². The summed E-state index contributed by atoms with van der Waals surface area (Å²) in [5.41, 5.74) is 7.38. The lowest BCUT2D eigenvalue weighted by molar-refractivity contribution is 0.395. The van der Waals surface area contributed by atoms with Crippen molar-refractivity contribution >= 4 is 40.3 Å². The fourth-order valence-electron chi connectivity index (χ4n) is 2.76. The van der Waals surface area contributed by atoms with Crippen molar-refractivity contribution in [2.75, 3.05) is 5.73 Å². The number of halogens is 2. The Morgan fingerprint density at radius 2 is 2.04 bits per heavy atom. The lowest BCUT2D eigenvalue weighted by atomic mass is 9.94. The molecule has 0 atom stereocenters. The molecular formula is C17H16ClFN4S. The zero-order valence-electron chi connectivity index (χ0n) is 12.8. The summed E-state index contributed by atoms with van der Waals surface area (Å²) in [5.74, 6) is -0.258. The second-order valence-corrected chi connectivity index (χ2v) is 7.27. The number of nitrogen functional groups attached to an aromatic ring is 1. The van der Waals surface area contributed by atoms with Gasteiger partial charge in [0.1, 0.15) is 5.82 Å². The number of anilines is 1. The first kappa shape index (κ1) is 15.7. The van der Waals surface area contributed by atoms with E-state index >= 15 is 0 Å². The molecule has 124 valence electrons. The largest absolute Gasteiger partial charge is 0.382 e. The van der Waals surface area contributed by atoms with E-state index in [-0.39, 0.29) is 5.82 Å². The average molecular weight is 363 g/mol. The van der Waals surface area contributed by atoms with Crippen LogP contribution in [0.3, 0.4) is 0 Å². The minimum Gasteiger partial charge on any atom is -0.382 e. The monoisotopic (exact) mass is 362 g/mol. The first-order chi connectivity index (χ1) is 11.6. The summed E-state index contributed by atoms with van der Waals surface area (Å²) < 4.78 is 18.2. The Labute approximate surface area is 148 Å². The highest BCUT2D eigenvalue weighted by Crippen LogP contribution is 2.36. The van der Waals surface area contributed by atoms with Crippen LogP contribution in [-0.2, 0) is 0 Å². The van der Waals surface area contributed by atoms with Gasteiger partial charge in [-0.05, 0) is 49.1 Å². The van der Waals surface area contributed by atoms with Crippen molar-refractivity contribution in [3.8, 4) is 11.1 Å². The molecule has 1 aliphatic carbocycles. The van der Waals surface area contributed by atoms with E-state index in [1.807, 2.05) is 18.2 Å². The van der Waals surface area contributed by atoms with Gasteiger partial charge in [0, 0.05) is 27.1 Å². The molecule has 0 aliphatic heterocycles. The van der Waals surface area contributed by atoms with Crippen LogP contribution in [0, 0.1) is 5.82 Å². The third-order valence-electron chi connectivity index (χ3n) is 4.37. The molecule has 1 aromatic heterocycles. The van der Waals surface area contributed by atoms with Gasteiger partial charge in [-0.25, -0.2) is 4.39 Å². The van der Waals surface area contributed by atoms with Crippen LogP contribution >= 0.6 is 23.5 Å². The summed E-state index contributed by atoms with van der Waals surface area (Å²) in [4.78, 5) is 1.01. The highest BCUT2D eigenvalue weighted by molar-refractivity contribution is 7.97. The van der Waals surface area contributed by atoms with Gasteiger partial charge in [-0.2, -0.15) is 5.10 Å². The van der Waals surface area contributed by atoms with Gasteiger partial charge in [0.05, 0.1) is 10.9 Å². The molecule has 1 heterocycles. The first-order valence-corrected chi connectivity index (χ1v) is 8.97. The molecule has 2 aromatic carbocycles. The minimum atomic E-state index is -0.409. The molecule has 1 aliphatic rings. The highest BCUT2D eigenvalue weighted by atomic mass is 35.5. The van der Waals surface area contributed by atoms with E-state index in [0.29, 0.717) is 33.1 Å². The van der Waals surface area contributed by atoms with E-state index in [1.165, 1.54) is 19.3 Å². The Hall–Kier alpha value is -1.76. The number of hydrogen-bond acceptors (Lipinski definition) is 4. The van der Waals surface area contributed by atoms with E-state index in [4.69, 9.17) is 17.3 Å². The molecule has 0 saturated heterocycles. The number of nitrogens with zero attached hydrogens (tertiary/aromatic N) is 1. The van der Waals surface area contributed by atoms with Crippen LogP contribution in [-0.4, -0.2) is 16.2 Å². The van der Waals surface area contributed by atoms with Crippen LogP contribution in [0.4, 0.5) is 10.2 Å². The number of aromatic amines is 1. The molecule has 3 aromatic rings. The molecule has 7 heteroatoms. The van der Waals surface area contributed by atoms with Crippen LogP contribution < -0.4 is 10.5 Å². The Balaban J connectivity index is 1.66. The summed E-state index contributed by atoms with van der Waals surface area (Å²) >= 11 is 7.97. The molecule has 24 heavy (non-hydrogen) atoms. The predicted molar refractivity (Wildman–Crippen MR) is 97.5 cm³/mol. The number of hydrogen-bond donors (Lipinski definition) is 3. The molecule has 0 radical (unpaired) electrons. The quantitative estimate of drug-likeness (QED) is 0.586.